The summed E-state index contributed by atoms with van der Waals surface area (Å²) in [4.78, 5) is 34.4. The van der Waals surface area contributed by atoms with Crippen molar-refractivity contribution in [3.8, 4) is 0 Å². The molecule has 0 spiro atoms. The van der Waals surface area contributed by atoms with Crippen LogP contribution in [0.3, 0.4) is 0 Å². The number of anilines is 1. The summed E-state index contributed by atoms with van der Waals surface area (Å²) in [6, 6.07) is 3.08. The molecule has 0 bridgehead atoms. The maximum atomic E-state index is 13.4. The van der Waals surface area contributed by atoms with Crippen LogP contribution in [0.4, 0.5) is 5.69 Å². The number of hydrogen-bond acceptors (Lipinski definition) is 7. The average molecular weight is 531 g/mol. The smallest absolute Gasteiger partial charge is 0.243 e. The van der Waals surface area contributed by atoms with E-state index in [9.17, 15) is 23.1 Å². The number of rotatable bonds is 8. The minimum absolute atomic E-state index is 0.00955. The molecule has 3 heterocycles. The molecule has 37 heavy (non-hydrogen) atoms. The lowest BCUT2D eigenvalue weighted by Gasteiger charge is -2.36. The summed E-state index contributed by atoms with van der Waals surface area (Å²) in [6.07, 6.45) is 4.99. The lowest BCUT2D eigenvalue weighted by Crippen LogP contribution is -2.53. The van der Waals surface area contributed by atoms with E-state index in [4.69, 9.17) is 0 Å². The highest BCUT2D eigenvalue weighted by atomic mass is 32.2. The molecular formula is C27H38N4O5S. The monoisotopic (exact) mass is 530 g/mol. The highest BCUT2D eigenvalue weighted by Gasteiger charge is 2.37. The van der Waals surface area contributed by atoms with Gasteiger partial charge >= 0.3 is 0 Å². The van der Waals surface area contributed by atoms with E-state index < -0.39 is 15.9 Å². The first kappa shape index (κ1) is 26.2. The predicted molar refractivity (Wildman–Crippen MR) is 144 cm³/mol. The SMILES string of the molecule is CC(C)[C@H]1C(=O)N[C@H](CO)Cc2c[nH]c3c(C(=O)CCN4CCS(=O)(=O)CC4)ccc(c23)N1CC1CC1. The Balaban J connectivity index is 1.50. The van der Waals surface area contributed by atoms with Gasteiger partial charge in [0.1, 0.15) is 6.04 Å². The fourth-order valence-corrected chi connectivity index (χ4v) is 7.03. The van der Waals surface area contributed by atoms with E-state index >= 15 is 0 Å². The third kappa shape index (κ3) is 5.56. The number of aliphatic hydroxyl groups is 1. The van der Waals surface area contributed by atoms with Crippen LogP contribution < -0.4 is 10.2 Å². The number of nitrogens with one attached hydrogen (secondary N) is 2. The topological polar surface area (TPSA) is 123 Å². The molecule has 5 rings (SSSR count). The average Bonchev–Trinajstić information content (AvgIpc) is 3.57. The molecule has 2 aliphatic heterocycles. The fraction of sp³-hybridized carbons (Fsp3) is 0.630. The number of aromatic nitrogens is 1. The molecule has 3 N–H and O–H groups in total. The van der Waals surface area contributed by atoms with Crippen molar-refractivity contribution in [2.75, 3.05) is 49.2 Å². The summed E-state index contributed by atoms with van der Waals surface area (Å²) in [6.45, 7) is 6.18. The second-order valence-electron chi connectivity index (χ2n) is 11.2. The maximum absolute atomic E-state index is 13.4. The second-order valence-corrected chi connectivity index (χ2v) is 13.5. The van der Waals surface area contributed by atoms with Crippen molar-refractivity contribution < 1.29 is 23.1 Å². The summed E-state index contributed by atoms with van der Waals surface area (Å²) in [5.41, 5.74) is 3.32. The van der Waals surface area contributed by atoms with E-state index in [-0.39, 0.29) is 41.8 Å². The van der Waals surface area contributed by atoms with Crippen LogP contribution in [0, 0.1) is 11.8 Å². The first-order chi connectivity index (χ1) is 17.7. The van der Waals surface area contributed by atoms with Crippen LogP contribution in [0.2, 0.25) is 0 Å². The molecule has 1 aromatic heterocycles. The molecule has 0 radical (unpaired) electrons. The summed E-state index contributed by atoms with van der Waals surface area (Å²) in [5, 5.41) is 14.1. The van der Waals surface area contributed by atoms with E-state index in [1.165, 1.54) is 0 Å². The number of carbonyl (C=O) groups is 2. The quantitative estimate of drug-likeness (QED) is 0.445. The number of amides is 1. The second kappa shape index (κ2) is 10.4. The fourth-order valence-electron chi connectivity index (χ4n) is 5.76. The van der Waals surface area contributed by atoms with E-state index in [0.29, 0.717) is 44.0 Å². The van der Waals surface area contributed by atoms with Crippen LogP contribution >= 0.6 is 0 Å². The van der Waals surface area contributed by atoms with Crippen molar-refractivity contribution >= 4 is 38.1 Å². The van der Waals surface area contributed by atoms with Crippen molar-refractivity contribution in [2.24, 2.45) is 11.8 Å². The third-order valence-electron chi connectivity index (χ3n) is 8.02. The van der Waals surface area contributed by atoms with Crippen molar-refractivity contribution in [2.45, 2.75) is 51.6 Å². The van der Waals surface area contributed by atoms with Crippen molar-refractivity contribution in [3.05, 3.63) is 29.5 Å². The zero-order valence-electron chi connectivity index (χ0n) is 21.7. The minimum atomic E-state index is -2.96. The van der Waals surface area contributed by atoms with Gasteiger partial charge in [-0.2, -0.15) is 0 Å². The molecule has 0 unspecified atom stereocenters. The van der Waals surface area contributed by atoms with Gasteiger partial charge in [-0.25, -0.2) is 8.42 Å². The van der Waals surface area contributed by atoms with Gasteiger partial charge in [0.2, 0.25) is 5.91 Å². The number of H-pyrrole nitrogens is 1. The number of hydrogen-bond donors (Lipinski definition) is 3. The lowest BCUT2D eigenvalue weighted by atomic mass is 9.96. The molecule has 9 nitrogen and oxygen atoms in total. The van der Waals surface area contributed by atoms with Crippen LogP contribution in [0.5, 0.6) is 0 Å². The molecule has 202 valence electrons. The number of aliphatic hydroxyl groups excluding tert-OH is 1. The molecule has 10 heteroatoms. The van der Waals surface area contributed by atoms with Gasteiger partial charge in [-0.3, -0.25) is 9.59 Å². The molecule has 2 atom stereocenters. The molecule has 3 aliphatic rings. The molecule has 2 fully saturated rings. The highest BCUT2D eigenvalue weighted by Crippen LogP contribution is 2.39. The third-order valence-corrected chi connectivity index (χ3v) is 9.63. The Bertz CT molecular complexity index is 1270. The van der Waals surface area contributed by atoms with E-state index in [0.717, 1.165) is 41.5 Å². The lowest BCUT2D eigenvalue weighted by molar-refractivity contribution is -0.124. The maximum Gasteiger partial charge on any atom is 0.243 e. The minimum Gasteiger partial charge on any atom is -0.394 e. The first-order valence-electron chi connectivity index (χ1n) is 13.4. The Morgan fingerprint density at radius 3 is 2.57 bits per heavy atom. The normalized spacial score (nSPS) is 24.5. The van der Waals surface area contributed by atoms with Crippen molar-refractivity contribution in [3.63, 3.8) is 0 Å². The van der Waals surface area contributed by atoms with E-state index in [2.05, 4.69) is 29.0 Å². The van der Waals surface area contributed by atoms with Gasteiger partial charge in [0.15, 0.2) is 15.6 Å². The van der Waals surface area contributed by atoms with Gasteiger partial charge in [-0.15, -0.1) is 0 Å². The summed E-state index contributed by atoms with van der Waals surface area (Å²) in [7, 11) is -2.96. The Labute approximate surface area is 218 Å². The number of sulfone groups is 1. The number of aromatic amines is 1. The van der Waals surface area contributed by atoms with Crippen molar-refractivity contribution in [1.29, 1.82) is 0 Å². The van der Waals surface area contributed by atoms with Gasteiger partial charge in [0, 0.05) is 55.4 Å². The Hall–Kier alpha value is -2.43. The zero-order valence-corrected chi connectivity index (χ0v) is 22.5. The molecular weight excluding hydrogens is 492 g/mol. The van der Waals surface area contributed by atoms with Crippen LogP contribution in [0.25, 0.3) is 10.9 Å². The zero-order chi connectivity index (χ0) is 26.3. The summed E-state index contributed by atoms with van der Waals surface area (Å²) >= 11 is 0. The Morgan fingerprint density at radius 2 is 1.92 bits per heavy atom. The van der Waals surface area contributed by atoms with Gasteiger partial charge < -0.3 is 25.2 Å². The van der Waals surface area contributed by atoms with Crippen LogP contribution in [0.1, 0.15) is 49.0 Å². The van der Waals surface area contributed by atoms with Gasteiger partial charge in [0.25, 0.3) is 0 Å². The largest absolute Gasteiger partial charge is 0.394 e. The van der Waals surface area contributed by atoms with Crippen LogP contribution in [-0.4, -0.2) is 91.5 Å². The van der Waals surface area contributed by atoms with Crippen molar-refractivity contribution in [1.82, 2.24) is 15.2 Å². The molecule has 2 aromatic rings. The van der Waals surface area contributed by atoms with Gasteiger partial charge in [-0.1, -0.05) is 13.8 Å². The molecule has 1 amide bonds. The number of ketones is 1. The molecule has 1 aromatic carbocycles. The number of nitrogens with zero attached hydrogens (tertiary/aromatic N) is 2. The van der Waals surface area contributed by atoms with E-state index in [1.807, 2.05) is 23.2 Å². The first-order valence-corrected chi connectivity index (χ1v) is 15.3. The molecule has 1 saturated carbocycles. The molecule has 1 saturated heterocycles. The standard InChI is InChI=1S/C27H38N4O5S/c1-17(2)26-27(34)29-20(16-32)13-19-14-28-25-21(5-6-22(24(19)25)31(26)15-18-3-4-18)23(33)7-8-30-9-11-37(35,36)12-10-30/h5-6,14,17-18,20,26,28,32H,3-4,7-13,15-16H2,1-2H3,(H,29,34)/t20-,26-/m0/s1. The Morgan fingerprint density at radius 1 is 1.19 bits per heavy atom. The van der Waals surface area contributed by atoms with Gasteiger partial charge in [-0.05, 0) is 48.8 Å². The Kier molecular flexibility index (Phi) is 7.35. The number of carbonyl (C=O) groups excluding carboxylic acids is 2. The molecule has 1 aliphatic carbocycles. The summed E-state index contributed by atoms with van der Waals surface area (Å²) < 4.78 is 23.5. The summed E-state index contributed by atoms with van der Waals surface area (Å²) in [5.74, 6) is 0.842. The van der Waals surface area contributed by atoms with E-state index in [1.54, 1.807) is 0 Å². The van der Waals surface area contributed by atoms with Crippen LogP contribution in [-0.2, 0) is 21.1 Å². The van der Waals surface area contributed by atoms with Crippen LogP contribution in [0.15, 0.2) is 18.3 Å². The van der Waals surface area contributed by atoms with Gasteiger partial charge in [0.05, 0.1) is 29.7 Å². The highest BCUT2D eigenvalue weighted by molar-refractivity contribution is 7.91. The predicted octanol–water partition coefficient (Wildman–Crippen LogP) is 1.75. The number of benzene rings is 1. The number of Topliss-reactive ketones (excluding diaryl/α,β-unsaturated/α-hetero) is 1.